The molecule has 7 nitrogen and oxygen atoms in total. The Morgan fingerprint density at radius 3 is 2.79 bits per heavy atom. The fraction of sp³-hybridized carbons (Fsp3) is 0.400. The summed E-state index contributed by atoms with van der Waals surface area (Å²) in [7, 11) is 0. The maximum absolute atomic E-state index is 12.9. The topological polar surface area (TPSA) is 66.9 Å². The van der Waals surface area contributed by atoms with Crippen molar-refractivity contribution in [2.24, 2.45) is 0 Å². The highest BCUT2D eigenvalue weighted by Crippen LogP contribution is 2.27. The number of alkyl halides is 1. The Bertz CT molecular complexity index is 1380. The smallest absolute Gasteiger partial charge is 0.345 e. The minimum atomic E-state index is -0.408. The molecule has 0 spiro atoms. The second kappa shape index (κ2) is 8.59. The van der Waals surface area contributed by atoms with Crippen molar-refractivity contribution in [3.05, 3.63) is 58.5 Å². The maximum atomic E-state index is 12.9. The Balaban J connectivity index is 1.44. The number of anilines is 1. The highest BCUT2D eigenvalue weighted by atomic mass is 19.1. The van der Waals surface area contributed by atoms with Gasteiger partial charge in [0.15, 0.2) is 5.65 Å². The summed E-state index contributed by atoms with van der Waals surface area (Å²) < 4.78 is 20.2. The molecule has 0 radical (unpaired) electrons. The predicted molar refractivity (Wildman–Crippen MR) is 128 cm³/mol. The Kier molecular flexibility index (Phi) is 5.62. The summed E-state index contributed by atoms with van der Waals surface area (Å²) in [4.78, 5) is 26.6. The SMILES string of the molecule is Cc1cn2cc(-c3cc4ccc(N5CCN(CCCF)[C@@H](C)C5)cc4oc3=O)nc2c(C)n1. The lowest BCUT2D eigenvalue weighted by molar-refractivity contribution is 0.182. The Morgan fingerprint density at radius 1 is 1.15 bits per heavy atom. The van der Waals surface area contributed by atoms with E-state index in [1.165, 1.54) is 0 Å². The number of fused-ring (bicyclic) bond motifs is 2. The van der Waals surface area contributed by atoms with Crippen molar-refractivity contribution in [3.63, 3.8) is 0 Å². The van der Waals surface area contributed by atoms with E-state index in [9.17, 15) is 9.18 Å². The first-order chi connectivity index (χ1) is 15.9. The zero-order valence-electron chi connectivity index (χ0n) is 19.2. The fourth-order valence-corrected chi connectivity index (χ4v) is 4.73. The molecule has 172 valence electrons. The standard InChI is InChI=1S/C25H28FN5O2/c1-16-13-31-15-22(28-24(31)18(3)27-16)21-11-19-5-6-20(12-23(19)33-25(21)32)30-10-9-29(8-4-7-26)17(2)14-30/h5-6,11-13,15,17H,4,7-10,14H2,1-3H3/t17-/m0/s1. The molecule has 0 bridgehead atoms. The zero-order chi connectivity index (χ0) is 23.1. The summed E-state index contributed by atoms with van der Waals surface area (Å²) in [6, 6.07) is 8.18. The number of hydrogen-bond donors (Lipinski definition) is 0. The van der Waals surface area contributed by atoms with Crippen molar-refractivity contribution in [1.82, 2.24) is 19.3 Å². The normalized spacial score (nSPS) is 17.3. The molecule has 1 aliphatic heterocycles. The number of imidazole rings is 1. The fourth-order valence-electron chi connectivity index (χ4n) is 4.73. The van der Waals surface area contributed by atoms with Gasteiger partial charge < -0.3 is 13.7 Å². The number of rotatable bonds is 5. The van der Waals surface area contributed by atoms with E-state index in [4.69, 9.17) is 4.42 Å². The van der Waals surface area contributed by atoms with Crippen molar-refractivity contribution in [3.8, 4) is 11.3 Å². The second-order valence-corrected chi connectivity index (χ2v) is 8.87. The van der Waals surface area contributed by atoms with Crippen LogP contribution < -0.4 is 10.5 Å². The van der Waals surface area contributed by atoms with Gasteiger partial charge in [-0.05, 0) is 45.4 Å². The molecule has 0 amide bonds. The Hall–Kier alpha value is -3.26. The highest BCUT2D eigenvalue weighted by molar-refractivity contribution is 5.84. The summed E-state index contributed by atoms with van der Waals surface area (Å²) in [6.07, 6.45) is 4.31. The van der Waals surface area contributed by atoms with E-state index in [2.05, 4.69) is 32.8 Å². The van der Waals surface area contributed by atoms with E-state index in [-0.39, 0.29) is 6.67 Å². The number of piperazine rings is 1. The first-order valence-electron chi connectivity index (χ1n) is 11.4. The minimum absolute atomic E-state index is 0.274. The van der Waals surface area contributed by atoms with Crippen LogP contribution >= 0.6 is 0 Å². The molecule has 5 rings (SSSR count). The summed E-state index contributed by atoms with van der Waals surface area (Å²) in [5, 5.41) is 0.853. The summed E-state index contributed by atoms with van der Waals surface area (Å²) in [6.45, 7) is 9.13. The van der Waals surface area contributed by atoms with Crippen LogP contribution in [0.1, 0.15) is 24.7 Å². The van der Waals surface area contributed by atoms with E-state index in [1.807, 2.05) is 48.8 Å². The quantitative estimate of drug-likeness (QED) is 0.429. The third kappa shape index (κ3) is 4.11. The molecule has 0 N–H and O–H groups in total. The maximum Gasteiger partial charge on any atom is 0.345 e. The molecular weight excluding hydrogens is 421 g/mol. The van der Waals surface area contributed by atoms with Crippen LogP contribution in [-0.2, 0) is 0 Å². The molecule has 0 unspecified atom stereocenters. The van der Waals surface area contributed by atoms with Crippen LogP contribution in [0.5, 0.6) is 0 Å². The molecule has 4 heterocycles. The van der Waals surface area contributed by atoms with E-state index in [0.717, 1.165) is 54.3 Å². The van der Waals surface area contributed by atoms with Crippen LogP contribution in [0.25, 0.3) is 27.9 Å². The van der Waals surface area contributed by atoms with Gasteiger partial charge in [-0.1, -0.05) is 0 Å². The van der Waals surface area contributed by atoms with Crippen LogP contribution in [0.4, 0.5) is 10.1 Å². The number of halogens is 1. The lowest BCUT2D eigenvalue weighted by Gasteiger charge is -2.41. The lowest BCUT2D eigenvalue weighted by atomic mass is 10.1. The third-order valence-electron chi connectivity index (χ3n) is 6.43. The van der Waals surface area contributed by atoms with Gasteiger partial charge in [0.1, 0.15) is 5.58 Å². The van der Waals surface area contributed by atoms with E-state index < -0.39 is 5.63 Å². The molecule has 1 aliphatic rings. The molecule has 33 heavy (non-hydrogen) atoms. The van der Waals surface area contributed by atoms with Gasteiger partial charge in [0.25, 0.3) is 0 Å². The molecular formula is C25H28FN5O2. The molecule has 8 heteroatoms. The zero-order valence-corrected chi connectivity index (χ0v) is 19.2. The van der Waals surface area contributed by atoms with Gasteiger partial charge >= 0.3 is 5.63 Å². The van der Waals surface area contributed by atoms with Crippen LogP contribution in [0.2, 0.25) is 0 Å². The molecule has 4 aromatic rings. The number of benzene rings is 1. The summed E-state index contributed by atoms with van der Waals surface area (Å²) in [5.74, 6) is 0. The number of hydrogen-bond acceptors (Lipinski definition) is 6. The van der Waals surface area contributed by atoms with Gasteiger partial charge in [-0.15, -0.1) is 0 Å². The molecule has 3 aromatic heterocycles. The molecule has 1 fully saturated rings. The highest BCUT2D eigenvalue weighted by Gasteiger charge is 2.24. The lowest BCUT2D eigenvalue weighted by Crippen LogP contribution is -2.52. The van der Waals surface area contributed by atoms with Crippen molar-refractivity contribution in [2.45, 2.75) is 33.2 Å². The van der Waals surface area contributed by atoms with Gasteiger partial charge in [-0.25, -0.2) is 9.78 Å². The van der Waals surface area contributed by atoms with E-state index >= 15 is 0 Å². The van der Waals surface area contributed by atoms with Gasteiger partial charge in [0.05, 0.1) is 29.3 Å². The number of aromatic nitrogens is 3. The van der Waals surface area contributed by atoms with Crippen LogP contribution in [0.3, 0.4) is 0 Å². The molecule has 1 aromatic carbocycles. The Morgan fingerprint density at radius 2 is 2.00 bits per heavy atom. The molecule has 1 atom stereocenters. The first kappa shape index (κ1) is 21.6. The van der Waals surface area contributed by atoms with Crippen LogP contribution in [-0.4, -0.2) is 58.2 Å². The van der Waals surface area contributed by atoms with Crippen molar-refractivity contribution in [2.75, 3.05) is 37.8 Å². The number of nitrogens with zero attached hydrogens (tertiary/aromatic N) is 5. The van der Waals surface area contributed by atoms with E-state index in [0.29, 0.717) is 29.3 Å². The van der Waals surface area contributed by atoms with Crippen LogP contribution in [0.15, 0.2) is 45.9 Å². The second-order valence-electron chi connectivity index (χ2n) is 8.87. The van der Waals surface area contributed by atoms with Crippen molar-refractivity contribution < 1.29 is 8.81 Å². The van der Waals surface area contributed by atoms with Gasteiger partial charge in [0.2, 0.25) is 0 Å². The van der Waals surface area contributed by atoms with Gasteiger partial charge in [-0.3, -0.25) is 14.3 Å². The first-order valence-corrected chi connectivity index (χ1v) is 11.4. The molecule has 0 aliphatic carbocycles. The van der Waals surface area contributed by atoms with Gasteiger partial charge in [-0.2, -0.15) is 0 Å². The van der Waals surface area contributed by atoms with Crippen molar-refractivity contribution >= 4 is 22.3 Å². The average Bonchev–Trinajstić information content (AvgIpc) is 3.21. The van der Waals surface area contributed by atoms with Crippen molar-refractivity contribution in [1.29, 1.82) is 0 Å². The summed E-state index contributed by atoms with van der Waals surface area (Å²) >= 11 is 0. The predicted octanol–water partition coefficient (Wildman–Crippen LogP) is 3.99. The van der Waals surface area contributed by atoms with E-state index in [1.54, 1.807) is 0 Å². The number of aryl methyl sites for hydroxylation is 2. The molecule has 0 saturated carbocycles. The van der Waals surface area contributed by atoms with Crippen LogP contribution in [0, 0.1) is 13.8 Å². The average molecular weight is 450 g/mol. The Labute approximate surface area is 191 Å². The third-order valence-corrected chi connectivity index (χ3v) is 6.43. The summed E-state index contributed by atoms with van der Waals surface area (Å²) in [5.41, 5.74) is 4.62. The largest absolute Gasteiger partial charge is 0.422 e. The minimum Gasteiger partial charge on any atom is -0.422 e. The van der Waals surface area contributed by atoms with Gasteiger partial charge in [0, 0.05) is 61.8 Å². The monoisotopic (exact) mass is 449 g/mol. The molecule has 1 saturated heterocycles.